The standard InChI is InChI=1S/C37H60N2O3/c1-22(2)29-26(40)19-33(7)15-17-35(9)25(30(29)33)11-12-28-34(8)16-18-37(42,32(5,6)27(34)13-14-36(28,35)10)38-31(41)24-20-39(21-24)23(3)4/h22-25,27-28,42H,11-21H2,1-10H3,(H,38,41)/t25-,27+,28-,33+,34+,35-,36-,37+/m1/s1. The number of fused-ring (bicyclic) bond motifs is 7. The first-order valence-electron chi connectivity index (χ1n) is 17.4. The molecule has 1 amide bonds. The normalized spacial score (nSPS) is 47.1. The predicted octanol–water partition coefficient (Wildman–Crippen LogP) is 7.13. The van der Waals surface area contributed by atoms with Crippen LogP contribution in [0.15, 0.2) is 11.1 Å². The second-order valence-corrected chi connectivity index (χ2v) is 18.1. The predicted molar refractivity (Wildman–Crippen MR) is 168 cm³/mol. The van der Waals surface area contributed by atoms with Crippen LogP contribution in [0.2, 0.25) is 0 Å². The van der Waals surface area contributed by atoms with Gasteiger partial charge in [0, 0.05) is 31.0 Å². The average Bonchev–Trinajstić information content (AvgIpc) is 3.11. The number of ketones is 1. The molecule has 5 fully saturated rings. The Balaban J connectivity index is 1.28. The monoisotopic (exact) mass is 580 g/mol. The zero-order valence-corrected chi connectivity index (χ0v) is 28.5. The van der Waals surface area contributed by atoms with Gasteiger partial charge in [-0.3, -0.25) is 14.5 Å². The summed E-state index contributed by atoms with van der Waals surface area (Å²) in [5, 5.41) is 15.5. The molecule has 0 aromatic rings. The summed E-state index contributed by atoms with van der Waals surface area (Å²) in [5.41, 5.74) is 1.70. The van der Waals surface area contributed by atoms with Gasteiger partial charge in [0.05, 0.1) is 5.92 Å². The van der Waals surface area contributed by atoms with E-state index in [2.05, 4.69) is 79.5 Å². The van der Waals surface area contributed by atoms with Gasteiger partial charge in [-0.05, 0) is 116 Å². The number of likely N-dealkylation sites (tertiary alicyclic amines) is 1. The molecule has 4 saturated carbocycles. The zero-order chi connectivity index (χ0) is 30.8. The fourth-order valence-corrected chi connectivity index (χ4v) is 12.5. The van der Waals surface area contributed by atoms with E-state index in [9.17, 15) is 14.7 Å². The van der Waals surface area contributed by atoms with Gasteiger partial charge in [-0.15, -0.1) is 0 Å². The van der Waals surface area contributed by atoms with Crippen molar-refractivity contribution < 1.29 is 14.7 Å². The van der Waals surface area contributed by atoms with Crippen molar-refractivity contribution in [2.45, 2.75) is 139 Å². The number of carbonyl (C=O) groups is 2. The maximum absolute atomic E-state index is 13.4. The van der Waals surface area contributed by atoms with Crippen LogP contribution in [0, 0.1) is 56.7 Å². The van der Waals surface area contributed by atoms with Gasteiger partial charge in [0.1, 0.15) is 5.72 Å². The van der Waals surface area contributed by atoms with E-state index in [0.29, 0.717) is 41.9 Å². The van der Waals surface area contributed by atoms with Crippen LogP contribution in [0.4, 0.5) is 0 Å². The molecule has 5 aliphatic carbocycles. The van der Waals surface area contributed by atoms with E-state index in [1.165, 1.54) is 31.3 Å². The van der Waals surface area contributed by atoms with Crippen molar-refractivity contribution in [3.8, 4) is 0 Å². The fourth-order valence-electron chi connectivity index (χ4n) is 12.5. The molecular weight excluding hydrogens is 520 g/mol. The van der Waals surface area contributed by atoms with Crippen molar-refractivity contribution in [2.75, 3.05) is 13.1 Å². The lowest BCUT2D eigenvalue weighted by molar-refractivity contribution is -0.258. The highest BCUT2D eigenvalue weighted by Crippen LogP contribution is 2.77. The van der Waals surface area contributed by atoms with Gasteiger partial charge < -0.3 is 10.4 Å². The molecule has 0 spiro atoms. The second kappa shape index (κ2) is 9.41. The lowest BCUT2D eigenvalue weighted by Crippen LogP contribution is -2.72. The molecular formula is C37H60N2O3. The number of hydrogen-bond donors (Lipinski definition) is 2. The van der Waals surface area contributed by atoms with Gasteiger partial charge in [-0.1, -0.05) is 61.0 Å². The average molecular weight is 581 g/mol. The minimum Gasteiger partial charge on any atom is -0.370 e. The third-order valence-electron chi connectivity index (χ3n) is 15.3. The summed E-state index contributed by atoms with van der Waals surface area (Å²) in [6.07, 6.45) is 9.29. The molecule has 42 heavy (non-hydrogen) atoms. The van der Waals surface area contributed by atoms with Crippen LogP contribution < -0.4 is 5.32 Å². The SMILES string of the molecule is CC(C)C1=C2[C@H]3CC[C@@H]4[C@@]5(C)CC[C@@](O)(NC(=O)C6CN(C(C)C)C6)C(C)(C)[C@@H]5CC[C@@]4(C)[C@]3(C)CC[C@@]2(C)CC1=O. The Morgan fingerprint density at radius 1 is 0.857 bits per heavy atom. The molecule has 0 aromatic carbocycles. The van der Waals surface area contributed by atoms with E-state index in [4.69, 9.17) is 0 Å². The molecule has 2 N–H and O–H groups in total. The number of hydrogen-bond acceptors (Lipinski definition) is 4. The third-order valence-corrected chi connectivity index (χ3v) is 15.3. The van der Waals surface area contributed by atoms with Crippen LogP contribution in [-0.4, -0.2) is 46.6 Å². The van der Waals surface area contributed by atoms with E-state index < -0.39 is 11.1 Å². The quantitative estimate of drug-likeness (QED) is 0.347. The summed E-state index contributed by atoms with van der Waals surface area (Å²) >= 11 is 0. The molecule has 5 nitrogen and oxygen atoms in total. The first kappa shape index (κ1) is 30.8. The molecule has 5 heteroatoms. The molecule has 1 saturated heterocycles. The van der Waals surface area contributed by atoms with E-state index in [1.807, 2.05) is 0 Å². The van der Waals surface area contributed by atoms with Gasteiger partial charge in [0.2, 0.25) is 5.91 Å². The van der Waals surface area contributed by atoms with Crippen LogP contribution in [-0.2, 0) is 9.59 Å². The molecule has 236 valence electrons. The van der Waals surface area contributed by atoms with Gasteiger partial charge >= 0.3 is 0 Å². The van der Waals surface area contributed by atoms with Crippen molar-refractivity contribution >= 4 is 11.7 Å². The molecule has 0 unspecified atom stereocenters. The number of aliphatic hydroxyl groups is 1. The summed E-state index contributed by atoms with van der Waals surface area (Å²) in [6.45, 7) is 25.0. The molecule has 0 aromatic heterocycles. The topological polar surface area (TPSA) is 69.6 Å². The van der Waals surface area contributed by atoms with Crippen LogP contribution in [0.3, 0.4) is 0 Å². The Hall–Kier alpha value is -1.20. The number of allylic oxidation sites excluding steroid dienone is 2. The van der Waals surface area contributed by atoms with Crippen LogP contribution in [0.25, 0.3) is 0 Å². The zero-order valence-electron chi connectivity index (χ0n) is 28.5. The molecule has 0 radical (unpaired) electrons. The number of nitrogens with one attached hydrogen (secondary N) is 1. The highest BCUT2D eigenvalue weighted by molar-refractivity contribution is 6.00. The van der Waals surface area contributed by atoms with Crippen molar-refractivity contribution in [3.05, 3.63) is 11.1 Å². The van der Waals surface area contributed by atoms with Crippen molar-refractivity contribution in [1.29, 1.82) is 0 Å². The highest BCUT2D eigenvalue weighted by atomic mass is 16.3. The molecule has 1 heterocycles. The van der Waals surface area contributed by atoms with Crippen molar-refractivity contribution in [2.24, 2.45) is 56.7 Å². The first-order valence-corrected chi connectivity index (χ1v) is 17.4. The van der Waals surface area contributed by atoms with Gasteiger partial charge in [-0.2, -0.15) is 0 Å². The Kier molecular flexibility index (Phi) is 6.90. The largest absolute Gasteiger partial charge is 0.370 e. The lowest BCUT2D eigenvalue weighted by Gasteiger charge is -2.73. The number of Topliss-reactive ketones (excluding diaryl/α,β-unsaturated/α-hetero) is 1. The summed E-state index contributed by atoms with van der Waals surface area (Å²) in [4.78, 5) is 29.1. The number of amides is 1. The Bertz CT molecular complexity index is 1200. The third kappa shape index (κ3) is 3.86. The van der Waals surface area contributed by atoms with Gasteiger partial charge in [-0.25, -0.2) is 0 Å². The summed E-state index contributed by atoms with van der Waals surface area (Å²) in [7, 11) is 0. The van der Waals surface area contributed by atoms with Crippen LogP contribution in [0.1, 0.15) is 127 Å². The van der Waals surface area contributed by atoms with E-state index in [-0.39, 0.29) is 33.5 Å². The van der Waals surface area contributed by atoms with Crippen molar-refractivity contribution in [1.82, 2.24) is 10.2 Å². The minimum atomic E-state index is -1.17. The summed E-state index contributed by atoms with van der Waals surface area (Å²) < 4.78 is 0. The maximum Gasteiger partial charge on any atom is 0.227 e. The van der Waals surface area contributed by atoms with Crippen LogP contribution >= 0.6 is 0 Å². The smallest absolute Gasteiger partial charge is 0.227 e. The Labute approximate surface area is 256 Å². The second-order valence-electron chi connectivity index (χ2n) is 18.1. The van der Waals surface area contributed by atoms with E-state index >= 15 is 0 Å². The van der Waals surface area contributed by atoms with Gasteiger partial charge in [0.25, 0.3) is 0 Å². The summed E-state index contributed by atoms with van der Waals surface area (Å²) in [5.74, 6) is 2.17. The van der Waals surface area contributed by atoms with Crippen molar-refractivity contribution in [3.63, 3.8) is 0 Å². The molecule has 6 rings (SSSR count). The fraction of sp³-hybridized carbons (Fsp3) is 0.892. The minimum absolute atomic E-state index is 0.0186. The lowest BCUT2D eigenvalue weighted by atomic mass is 9.32. The number of rotatable bonds is 4. The molecule has 6 aliphatic rings. The Morgan fingerprint density at radius 2 is 1.52 bits per heavy atom. The maximum atomic E-state index is 13.4. The molecule has 0 bridgehead atoms. The molecule has 8 atom stereocenters. The Morgan fingerprint density at radius 3 is 2.14 bits per heavy atom. The van der Waals surface area contributed by atoms with E-state index in [0.717, 1.165) is 38.8 Å². The number of nitrogens with zero attached hydrogens (tertiary/aromatic N) is 1. The van der Waals surface area contributed by atoms with Gasteiger partial charge in [0.15, 0.2) is 5.78 Å². The molecule has 1 aliphatic heterocycles. The van der Waals surface area contributed by atoms with Crippen LogP contribution in [0.5, 0.6) is 0 Å². The summed E-state index contributed by atoms with van der Waals surface area (Å²) in [6, 6.07) is 0.456. The first-order chi connectivity index (χ1) is 19.3. The van der Waals surface area contributed by atoms with E-state index in [1.54, 1.807) is 5.57 Å². The number of carbonyl (C=O) groups excluding carboxylic acids is 2. The highest BCUT2D eigenvalue weighted by Gasteiger charge is 2.71.